The van der Waals surface area contributed by atoms with E-state index in [0.29, 0.717) is 12.5 Å². The predicted octanol–water partition coefficient (Wildman–Crippen LogP) is 3.73. The highest BCUT2D eigenvalue weighted by Crippen LogP contribution is 2.33. The summed E-state index contributed by atoms with van der Waals surface area (Å²) in [7, 11) is 0. The molecule has 1 aromatic rings. The number of aliphatic carboxylic acids is 1. The molecule has 0 bridgehead atoms. The highest BCUT2D eigenvalue weighted by molar-refractivity contribution is 9.10. The molecule has 2 rings (SSSR count). The molecule has 1 aromatic carbocycles. The lowest BCUT2D eigenvalue weighted by molar-refractivity contribution is -0.131. The Bertz CT molecular complexity index is 464. The minimum absolute atomic E-state index is 0.647. The average Bonchev–Trinajstić information content (AvgIpc) is 2.26. The molecule has 1 fully saturated rings. The third-order valence-electron chi connectivity index (χ3n) is 3.09. The monoisotopic (exact) mass is 310 g/mol. The van der Waals surface area contributed by atoms with Crippen molar-refractivity contribution < 1.29 is 14.6 Å². The molecule has 18 heavy (non-hydrogen) atoms. The van der Waals surface area contributed by atoms with Crippen molar-refractivity contribution in [1.29, 1.82) is 0 Å². The van der Waals surface area contributed by atoms with Crippen LogP contribution in [0.15, 0.2) is 28.7 Å². The van der Waals surface area contributed by atoms with Crippen LogP contribution in [0.4, 0.5) is 0 Å². The van der Waals surface area contributed by atoms with Gasteiger partial charge in [0.15, 0.2) is 0 Å². The number of carboxylic acid groups (broad SMARTS) is 1. The standard InChI is InChI=1S/C14H15BrO3/c15-12-6-2-5-11(7-8-13(16)17)14(12)18-9-10-3-1-4-10/h2,5-8,10H,1,3-4,9H2,(H,16,17). The second-order valence-electron chi connectivity index (χ2n) is 4.44. The minimum atomic E-state index is -0.958. The number of halogens is 1. The van der Waals surface area contributed by atoms with Gasteiger partial charge in [0.25, 0.3) is 0 Å². The zero-order chi connectivity index (χ0) is 13.0. The molecule has 3 nitrogen and oxygen atoms in total. The van der Waals surface area contributed by atoms with Crippen molar-refractivity contribution in [2.45, 2.75) is 19.3 Å². The van der Waals surface area contributed by atoms with Gasteiger partial charge in [0.2, 0.25) is 0 Å². The van der Waals surface area contributed by atoms with Gasteiger partial charge in [-0.15, -0.1) is 0 Å². The first-order chi connectivity index (χ1) is 8.66. The Balaban J connectivity index is 2.12. The lowest BCUT2D eigenvalue weighted by Crippen LogP contribution is -2.19. The van der Waals surface area contributed by atoms with Gasteiger partial charge in [-0.1, -0.05) is 18.6 Å². The molecule has 96 valence electrons. The summed E-state index contributed by atoms with van der Waals surface area (Å²) < 4.78 is 6.67. The quantitative estimate of drug-likeness (QED) is 0.843. The van der Waals surface area contributed by atoms with Gasteiger partial charge in [0, 0.05) is 11.6 Å². The predicted molar refractivity (Wildman–Crippen MR) is 73.6 cm³/mol. The number of hydrogen-bond donors (Lipinski definition) is 1. The largest absolute Gasteiger partial charge is 0.491 e. The van der Waals surface area contributed by atoms with Crippen LogP contribution in [-0.4, -0.2) is 17.7 Å². The Labute approximate surface area is 115 Å². The number of rotatable bonds is 5. The highest BCUT2D eigenvalue weighted by Gasteiger charge is 2.19. The molecule has 1 aliphatic rings. The summed E-state index contributed by atoms with van der Waals surface area (Å²) in [6, 6.07) is 5.61. The minimum Gasteiger partial charge on any atom is -0.491 e. The van der Waals surface area contributed by atoms with Crippen LogP contribution in [-0.2, 0) is 4.79 Å². The topological polar surface area (TPSA) is 46.5 Å². The van der Waals surface area contributed by atoms with Gasteiger partial charge in [-0.3, -0.25) is 0 Å². The van der Waals surface area contributed by atoms with E-state index in [4.69, 9.17) is 9.84 Å². The van der Waals surface area contributed by atoms with Crippen LogP contribution in [0.5, 0.6) is 5.75 Å². The van der Waals surface area contributed by atoms with Gasteiger partial charge in [-0.2, -0.15) is 0 Å². The van der Waals surface area contributed by atoms with E-state index in [1.807, 2.05) is 18.2 Å². The fourth-order valence-corrected chi connectivity index (χ4v) is 2.33. The second kappa shape index (κ2) is 6.05. The van der Waals surface area contributed by atoms with Crippen molar-refractivity contribution >= 4 is 28.0 Å². The van der Waals surface area contributed by atoms with E-state index < -0.39 is 5.97 Å². The van der Waals surface area contributed by atoms with E-state index in [2.05, 4.69) is 15.9 Å². The number of ether oxygens (including phenoxy) is 1. The van der Waals surface area contributed by atoms with Crippen LogP contribution in [0, 0.1) is 5.92 Å². The summed E-state index contributed by atoms with van der Waals surface area (Å²) in [4.78, 5) is 10.6. The molecule has 1 N–H and O–H groups in total. The van der Waals surface area contributed by atoms with Crippen molar-refractivity contribution in [3.05, 3.63) is 34.3 Å². The van der Waals surface area contributed by atoms with Crippen molar-refractivity contribution in [3.8, 4) is 5.75 Å². The van der Waals surface area contributed by atoms with Crippen molar-refractivity contribution in [3.63, 3.8) is 0 Å². The Morgan fingerprint density at radius 2 is 2.28 bits per heavy atom. The smallest absolute Gasteiger partial charge is 0.328 e. The number of benzene rings is 1. The van der Waals surface area contributed by atoms with Gasteiger partial charge in [-0.25, -0.2) is 4.79 Å². The van der Waals surface area contributed by atoms with Crippen LogP contribution >= 0.6 is 15.9 Å². The van der Waals surface area contributed by atoms with Gasteiger partial charge in [0.1, 0.15) is 5.75 Å². The van der Waals surface area contributed by atoms with Crippen LogP contribution in [0.2, 0.25) is 0 Å². The highest BCUT2D eigenvalue weighted by atomic mass is 79.9. The Kier molecular flexibility index (Phi) is 4.42. The van der Waals surface area contributed by atoms with E-state index in [0.717, 1.165) is 21.9 Å². The summed E-state index contributed by atoms with van der Waals surface area (Å²) in [6.45, 7) is 0.705. The molecule has 1 aliphatic carbocycles. The third-order valence-corrected chi connectivity index (χ3v) is 3.72. The van der Waals surface area contributed by atoms with Crippen LogP contribution in [0.1, 0.15) is 24.8 Å². The molecule has 4 heteroatoms. The van der Waals surface area contributed by atoms with Gasteiger partial charge in [-0.05, 0) is 46.8 Å². The lowest BCUT2D eigenvalue weighted by atomic mass is 9.86. The molecular weight excluding hydrogens is 296 g/mol. The molecule has 0 amide bonds. The van der Waals surface area contributed by atoms with Gasteiger partial charge < -0.3 is 9.84 Å². The summed E-state index contributed by atoms with van der Waals surface area (Å²) in [5.41, 5.74) is 0.783. The molecule has 0 heterocycles. The molecule has 0 spiro atoms. The molecule has 1 saturated carbocycles. The van der Waals surface area contributed by atoms with Gasteiger partial charge >= 0.3 is 5.97 Å². The first-order valence-corrected chi connectivity index (χ1v) is 6.78. The zero-order valence-corrected chi connectivity index (χ0v) is 11.5. The summed E-state index contributed by atoms with van der Waals surface area (Å²) in [5.74, 6) is 0.412. The van der Waals surface area contributed by atoms with E-state index in [1.54, 1.807) is 6.08 Å². The molecule has 0 saturated heterocycles. The molecule has 0 radical (unpaired) electrons. The fraction of sp³-hybridized carbons (Fsp3) is 0.357. The number of para-hydroxylation sites is 1. The molecular formula is C14H15BrO3. The Hall–Kier alpha value is -1.29. The number of hydrogen-bond acceptors (Lipinski definition) is 2. The Morgan fingerprint density at radius 3 is 2.89 bits per heavy atom. The molecule has 0 aliphatic heterocycles. The van der Waals surface area contributed by atoms with Crippen LogP contribution in [0.25, 0.3) is 6.08 Å². The normalized spacial score (nSPS) is 15.6. The number of carbonyl (C=O) groups is 1. The van der Waals surface area contributed by atoms with E-state index in [-0.39, 0.29) is 0 Å². The lowest BCUT2D eigenvalue weighted by Gasteiger charge is -2.25. The number of carboxylic acids is 1. The van der Waals surface area contributed by atoms with E-state index in [1.165, 1.54) is 19.3 Å². The van der Waals surface area contributed by atoms with E-state index in [9.17, 15) is 4.79 Å². The van der Waals surface area contributed by atoms with Crippen LogP contribution in [0.3, 0.4) is 0 Å². The summed E-state index contributed by atoms with van der Waals surface area (Å²) >= 11 is 3.44. The maximum atomic E-state index is 10.6. The third kappa shape index (κ3) is 3.35. The maximum absolute atomic E-state index is 10.6. The van der Waals surface area contributed by atoms with Crippen molar-refractivity contribution in [2.75, 3.05) is 6.61 Å². The summed E-state index contributed by atoms with van der Waals surface area (Å²) in [5, 5.41) is 8.66. The van der Waals surface area contributed by atoms with Crippen molar-refractivity contribution in [1.82, 2.24) is 0 Å². The van der Waals surface area contributed by atoms with E-state index >= 15 is 0 Å². The first-order valence-electron chi connectivity index (χ1n) is 5.99. The second-order valence-corrected chi connectivity index (χ2v) is 5.29. The Morgan fingerprint density at radius 1 is 1.50 bits per heavy atom. The van der Waals surface area contributed by atoms with Crippen molar-refractivity contribution in [2.24, 2.45) is 5.92 Å². The van der Waals surface area contributed by atoms with Gasteiger partial charge in [0.05, 0.1) is 11.1 Å². The van der Waals surface area contributed by atoms with Crippen LogP contribution < -0.4 is 4.74 Å². The molecule has 0 aromatic heterocycles. The average molecular weight is 311 g/mol. The zero-order valence-electron chi connectivity index (χ0n) is 9.93. The first kappa shape index (κ1) is 13.1. The fourth-order valence-electron chi connectivity index (χ4n) is 1.83. The maximum Gasteiger partial charge on any atom is 0.328 e. The summed E-state index contributed by atoms with van der Waals surface area (Å²) in [6.07, 6.45) is 6.42. The molecule has 0 atom stereocenters. The SMILES string of the molecule is O=C(O)C=Cc1cccc(Br)c1OCC1CCC1. The molecule has 0 unspecified atom stereocenters.